The van der Waals surface area contributed by atoms with Gasteiger partial charge in [0.05, 0.1) is 18.3 Å². The normalized spacial score (nSPS) is 11.3. The molecule has 5 heteroatoms. The Labute approximate surface area is 160 Å². The third-order valence-electron chi connectivity index (χ3n) is 4.92. The van der Waals surface area contributed by atoms with E-state index in [0.29, 0.717) is 11.9 Å². The summed E-state index contributed by atoms with van der Waals surface area (Å²) in [6.45, 7) is 6.55. The first-order valence-corrected chi connectivity index (χ1v) is 9.56. The van der Waals surface area contributed by atoms with Crippen LogP contribution in [-0.4, -0.2) is 9.55 Å². The second kappa shape index (κ2) is 6.74. The Morgan fingerprint density at radius 3 is 2.48 bits per heavy atom. The van der Waals surface area contributed by atoms with Gasteiger partial charge < -0.3 is 0 Å². The molecular weight excluding hydrogens is 359 g/mol. The van der Waals surface area contributed by atoms with Crippen LogP contribution in [0.5, 0.6) is 0 Å². The Kier molecular flexibility index (Phi) is 4.40. The van der Waals surface area contributed by atoms with Gasteiger partial charge in [-0.05, 0) is 55.2 Å². The van der Waals surface area contributed by atoms with Crippen molar-refractivity contribution in [3.05, 3.63) is 86.5 Å². The van der Waals surface area contributed by atoms with Gasteiger partial charge in [0.2, 0.25) is 0 Å². The van der Waals surface area contributed by atoms with Crippen LogP contribution in [0.15, 0.2) is 53.6 Å². The molecule has 0 N–H and O–H groups in total. The standard InChI is InChI=1S/C22H19FN2OS/c1-13-4-7-17(10-14(13)2)19-15(3)27-21-20(19)22(26)25(12-24-21)11-16-5-8-18(23)9-6-16/h4-10,12H,11H2,1-3H3. The van der Waals surface area contributed by atoms with Gasteiger partial charge in [0.25, 0.3) is 5.56 Å². The predicted molar refractivity (Wildman–Crippen MR) is 109 cm³/mol. The van der Waals surface area contributed by atoms with Crippen molar-refractivity contribution in [2.45, 2.75) is 27.3 Å². The molecule has 0 aliphatic heterocycles. The molecule has 0 saturated carbocycles. The van der Waals surface area contributed by atoms with E-state index in [1.54, 1.807) is 34.4 Å². The fourth-order valence-electron chi connectivity index (χ4n) is 3.28. The Hall–Kier alpha value is -2.79. The van der Waals surface area contributed by atoms with Crippen molar-refractivity contribution in [2.75, 3.05) is 0 Å². The molecule has 0 aliphatic rings. The summed E-state index contributed by atoms with van der Waals surface area (Å²) < 4.78 is 14.7. The lowest BCUT2D eigenvalue weighted by atomic mass is 9.99. The Morgan fingerprint density at radius 1 is 1.04 bits per heavy atom. The molecule has 4 rings (SSSR count). The highest BCUT2D eigenvalue weighted by Gasteiger charge is 2.17. The third-order valence-corrected chi connectivity index (χ3v) is 5.93. The number of thiophene rings is 1. The maximum absolute atomic E-state index is 13.2. The monoisotopic (exact) mass is 378 g/mol. The lowest BCUT2D eigenvalue weighted by Gasteiger charge is -2.08. The third kappa shape index (κ3) is 3.19. The van der Waals surface area contributed by atoms with Gasteiger partial charge in [-0.3, -0.25) is 9.36 Å². The molecule has 0 aliphatic carbocycles. The van der Waals surface area contributed by atoms with E-state index in [4.69, 9.17) is 0 Å². The van der Waals surface area contributed by atoms with Crippen molar-refractivity contribution in [2.24, 2.45) is 0 Å². The largest absolute Gasteiger partial charge is 0.294 e. The van der Waals surface area contributed by atoms with Crippen LogP contribution in [-0.2, 0) is 6.54 Å². The van der Waals surface area contributed by atoms with Crippen molar-refractivity contribution in [3.63, 3.8) is 0 Å². The van der Waals surface area contributed by atoms with Gasteiger partial charge >= 0.3 is 0 Å². The van der Waals surface area contributed by atoms with Crippen molar-refractivity contribution in [3.8, 4) is 11.1 Å². The van der Waals surface area contributed by atoms with Crippen molar-refractivity contribution in [1.82, 2.24) is 9.55 Å². The SMILES string of the molecule is Cc1ccc(-c2c(C)sc3ncn(Cc4ccc(F)cc4)c(=O)c23)cc1C. The maximum Gasteiger partial charge on any atom is 0.263 e. The zero-order valence-corrected chi connectivity index (χ0v) is 16.2. The van der Waals surface area contributed by atoms with Crippen LogP contribution < -0.4 is 5.56 Å². The van der Waals surface area contributed by atoms with Crippen molar-refractivity contribution < 1.29 is 4.39 Å². The average Bonchev–Trinajstić information content (AvgIpc) is 2.98. The summed E-state index contributed by atoms with van der Waals surface area (Å²) in [5, 5.41) is 0.658. The molecule has 27 heavy (non-hydrogen) atoms. The molecule has 2 aromatic carbocycles. The molecule has 0 spiro atoms. The van der Waals surface area contributed by atoms with Crippen LogP contribution in [0.4, 0.5) is 4.39 Å². The summed E-state index contributed by atoms with van der Waals surface area (Å²) in [5.41, 5.74) is 5.22. The highest BCUT2D eigenvalue weighted by molar-refractivity contribution is 7.19. The van der Waals surface area contributed by atoms with Crippen LogP contribution in [0.1, 0.15) is 21.6 Å². The maximum atomic E-state index is 13.2. The van der Waals surface area contributed by atoms with Gasteiger partial charge in [0.1, 0.15) is 10.6 Å². The van der Waals surface area contributed by atoms with Crippen LogP contribution in [0.25, 0.3) is 21.3 Å². The summed E-state index contributed by atoms with van der Waals surface area (Å²) in [4.78, 5) is 19.6. The van der Waals surface area contributed by atoms with E-state index in [-0.39, 0.29) is 11.4 Å². The molecule has 3 nitrogen and oxygen atoms in total. The molecule has 0 atom stereocenters. The second-order valence-electron chi connectivity index (χ2n) is 6.82. The summed E-state index contributed by atoms with van der Waals surface area (Å²) in [7, 11) is 0. The van der Waals surface area contributed by atoms with E-state index in [1.165, 1.54) is 23.3 Å². The number of aryl methyl sites for hydroxylation is 3. The summed E-state index contributed by atoms with van der Waals surface area (Å²) in [6.07, 6.45) is 1.58. The molecule has 4 aromatic rings. The number of rotatable bonds is 3. The number of aromatic nitrogens is 2. The molecular formula is C22H19FN2OS. The minimum atomic E-state index is -0.287. The van der Waals surface area contributed by atoms with Crippen LogP contribution >= 0.6 is 11.3 Å². The number of hydrogen-bond donors (Lipinski definition) is 0. The first-order chi connectivity index (χ1) is 12.9. The smallest absolute Gasteiger partial charge is 0.263 e. The van der Waals surface area contributed by atoms with Crippen LogP contribution in [0.3, 0.4) is 0 Å². The van der Waals surface area contributed by atoms with E-state index in [2.05, 4.69) is 37.0 Å². The number of nitrogens with zero attached hydrogens (tertiary/aromatic N) is 2. The summed E-state index contributed by atoms with van der Waals surface area (Å²) in [6, 6.07) is 12.5. The highest BCUT2D eigenvalue weighted by atomic mass is 32.1. The van der Waals surface area contributed by atoms with Crippen LogP contribution in [0.2, 0.25) is 0 Å². The Balaban J connectivity index is 1.88. The minimum absolute atomic E-state index is 0.0677. The molecule has 0 saturated heterocycles. The van der Waals surface area contributed by atoms with Crippen LogP contribution in [0, 0.1) is 26.6 Å². The van der Waals surface area contributed by atoms with Gasteiger partial charge in [0, 0.05) is 10.4 Å². The Bertz CT molecular complexity index is 1210. The van der Waals surface area contributed by atoms with Crippen molar-refractivity contribution in [1.29, 1.82) is 0 Å². The van der Waals surface area contributed by atoms with Gasteiger partial charge in [-0.1, -0.05) is 30.3 Å². The molecule has 0 unspecified atom stereocenters. The van der Waals surface area contributed by atoms with Gasteiger partial charge in [-0.2, -0.15) is 0 Å². The van der Waals surface area contributed by atoms with Crippen molar-refractivity contribution >= 4 is 21.6 Å². The molecule has 0 bridgehead atoms. The minimum Gasteiger partial charge on any atom is -0.294 e. The first-order valence-electron chi connectivity index (χ1n) is 8.74. The lowest BCUT2D eigenvalue weighted by Crippen LogP contribution is -2.21. The fourth-order valence-corrected chi connectivity index (χ4v) is 4.28. The second-order valence-corrected chi connectivity index (χ2v) is 8.02. The lowest BCUT2D eigenvalue weighted by molar-refractivity contribution is 0.626. The zero-order chi connectivity index (χ0) is 19.1. The van der Waals surface area contributed by atoms with E-state index in [0.717, 1.165) is 26.4 Å². The first kappa shape index (κ1) is 17.6. The van der Waals surface area contributed by atoms with E-state index < -0.39 is 0 Å². The predicted octanol–water partition coefficient (Wildman–Crippen LogP) is 5.24. The topological polar surface area (TPSA) is 34.9 Å². The molecule has 2 aromatic heterocycles. The highest BCUT2D eigenvalue weighted by Crippen LogP contribution is 2.36. The number of halogens is 1. The van der Waals surface area contributed by atoms with Gasteiger partial charge in [0.15, 0.2) is 0 Å². The van der Waals surface area contributed by atoms with E-state index in [9.17, 15) is 9.18 Å². The summed E-state index contributed by atoms with van der Waals surface area (Å²) in [5.74, 6) is -0.287. The molecule has 0 fully saturated rings. The summed E-state index contributed by atoms with van der Waals surface area (Å²) >= 11 is 1.54. The number of benzene rings is 2. The van der Waals surface area contributed by atoms with E-state index >= 15 is 0 Å². The van der Waals surface area contributed by atoms with Gasteiger partial charge in [-0.15, -0.1) is 11.3 Å². The molecule has 2 heterocycles. The quantitative estimate of drug-likeness (QED) is 0.489. The molecule has 0 radical (unpaired) electrons. The zero-order valence-electron chi connectivity index (χ0n) is 15.4. The van der Waals surface area contributed by atoms with E-state index in [1.807, 2.05) is 6.92 Å². The number of fused-ring (bicyclic) bond motifs is 1. The Morgan fingerprint density at radius 2 is 1.78 bits per heavy atom. The van der Waals surface area contributed by atoms with Gasteiger partial charge in [-0.25, -0.2) is 9.37 Å². The molecule has 136 valence electrons. The fraction of sp³-hybridized carbons (Fsp3) is 0.182. The number of hydrogen-bond acceptors (Lipinski definition) is 3. The molecule has 0 amide bonds. The average molecular weight is 378 g/mol.